The summed E-state index contributed by atoms with van der Waals surface area (Å²) in [4.78, 5) is 31.7. The maximum absolute atomic E-state index is 14.6. The molecule has 0 aliphatic carbocycles. The van der Waals surface area contributed by atoms with E-state index in [1.165, 1.54) is 6.07 Å². The normalized spacial score (nSPS) is 15.8. The van der Waals surface area contributed by atoms with Crippen molar-refractivity contribution in [3.05, 3.63) is 65.2 Å². The number of amides is 1. The second kappa shape index (κ2) is 11.2. The Bertz CT molecular complexity index is 1660. The quantitative estimate of drug-likeness (QED) is 0.336. The molecule has 5 heterocycles. The number of benzene rings is 1. The number of aliphatic carboxylic acids is 1. The molecule has 4 aromatic rings. The molecule has 1 amide bonds. The first-order valence-electron chi connectivity index (χ1n) is 14.0. The predicted octanol–water partition coefficient (Wildman–Crippen LogP) is 4.79. The van der Waals surface area contributed by atoms with Gasteiger partial charge in [0.2, 0.25) is 5.91 Å². The Morgan fingerprint density at radius 2 is 1.98 bits per heavy atom. The van der Waals surface area contributed by atoms with Crippen molar-refractivity contribution >= 4 is 29.0 Å². The van der Waals surface area contributed by atoms with Gasteiger partial charge in [0.05, 0.1) is 19.0 Å². The second-order valence-electron chi connectivity index (χ2n) is 10.8. The first kappa shape index (κ1) is 27.8. The highest BCUT2D eigenvalue weighted by atomic mass is 19.3. The van der Waals surface area contributed by atoms with Crippen molar-refractivity contribution in [2.75, 3.05) is 31.7 Å². The average Bonchev–Trinajstić information content (AvgIpc) is 3.60. The maximum atomic E-state index is 14.6. The van der Waals surface area contributed by atoms with E-state index in [4.69, 9.17) is 9.84 Å². The van der Waals surface area contributed by atoms with E-state index in [1.54, 1.807) is 65.0 Å². The van der Waals surface area contributed by atoms with Crippen molar-refractivity contribution in [2.45, 2.75) is 51.6 Å². The van der Waals surface area contributed by atoms with Gasteiger partial charge < -0.3 is 24.0 Å². The zero-order valence-electron chi connectivity index (χ0n) is 23.5. The van der Waals surface area contributed by atoms with Gasteiger partial charge >= 0.3 is 5.97 Å². The summed E-state index contributed by atoms with van der Waals surface area (Å²) < 4.78 is 38.6. The Hall–Kier alpha value is -4.32. The monoisotopic (exact) mass is 578 g/mol. The van der Waals surface area contributed by atoms with E-state index in [9.17, 15) is 23.5 Å². The number of fused-ring (bicyclic) bond motifs is 2. The molecule has 1 fully saturated rings. The van der Waals surface area contributed by atoms with Gasteiger partial charge in [-0.1, -0.05) is 6.07 Å². The van der Waals surface area contributed by atoms with Crippen LogP contribution in [0.5, 0.6) is 0 Å². The van der Waals surface area contributed by atoms with Gasteiger partial charge in [-0.2, -0.15) is 5.10 Å². The Kier molecular flexibility index (Phi) is 7.40. The zero-order chi connectivity index (χ0) is 29.5. The number of anilines is 2. The number of nitrogens with zero attached hydrogens (tertiary/aromatic N) is 6. The third-order valence-corrected chi connectivity index (χ3v) is 8.27. The number of imidazole rings is 1. The lowest BCUT2D eigenvalue weighted by Gasteiger charge is -2.29. The van der Waals surface area contributed by atoms with Crippen molar-refractivity contribution < 1.29 is 28.2 Å². The van der Waals surface area contributed by atoms with Gasteiger partial charge in [-0.3, -0.25) is 14.3 Å². The molecule has 12 heteroatoms. The number of ether oxygens (including phenoxy) is 1. The van der Waals surface area contributed by atoms with Gasteiger partial charge in [-0.25, -0.2) is 13.8 Å². The number of halogens is 2. The van der Waals surface area contributed by atoms with Crippen LogP contribution in [-0.4, -0.2) is 67.9 Å². The van der Waals surface area contributed by atoms with Gasteiger partial charge in [0.1, 0.15) is 5.65 Å². The van der Waals surface area contributed by atoms with Crippen molar-refractivity contribution in [1.29, 1.82) is 0 Å². The summed E-state index contributed by atoms with van der Waals surface area (Å²) in [5, 5.41) is 14.5. The van der Waals surface area contributed by atoms with E-state index in [0.717, 1.165) is 24.1 Å². The van der Waals surface area contributed by atoms with Crippen LogP contribution in [0.1, 0.15) is 54.6 Å². The van der Waals surface area contributed by atoms with Crippen LogP contribution in [0.15, 0.2) is 42.9 Å². The van der Waals surface area contributed by atoms with Crippen molar-refractivity contribution in [3.63, 3.8) is 0 Å². The molecule has 3 aromatic heterocycles. The fourth-order valence-corrected chi connectivity index (χ4v) is 6.06. The number of rotatable bonds is 7. The highest BCUT2D eigenvalue weighted by Crippen LogP contribution is 2.40. The lowest BCUT2D eigenvalue weighted by atomic mass is 9.94. The Balaban J connectivity index is 1.43. The summed E-state index contributed by atoms with van der Waals surface area (Å²) in [5.74, 6) is -0.458. The minimum Gasteiger partial charge on any atom is -0.481 e. The van der Waals surface area contributed by atoms with Gasteiger partial charge in [0.15, 0.2) is 5.82 Å². The van der Waals surface area contributed by atoms with E-state index in [0.29, 0.717) is 61.0 Å². The number of carboxylic acids is 1. The zero-order valence-corrected chi connectivity index (χ0v) is 23.5. The third-order valence-electron chi connectivity index (χ3n) is 8.27. The molecule has 0 spiro atoms. The molecule has 0 radical (unpaired) electrons. The molecule has 0 bridgehead atoms. The fraction of sp³-hybridized carbons (Fsp3) is 0.400. The van der Waals surface area contributed by atoms with Crippen LogP contribution >= 0.6 is 0 Å². The molecule has 6 rings (SSSR count). The number of pyridine rings is 1. The number of aromatic nitrogens is 4. The molecule has 42 heavy (non-hydrogen) atoms. The van der Waals surface area contributed by atoms with Crippen LogP contribution in [0.25, 0.3) is 16.8 Å². The number of alkyl halides is 2. The van der Waals surface area contributed by atoms with E-state index in [2.05, 4.69) is 9.67 Å². The first-order chi connectivity index (χ1) is 20.2. The molecule has 0 saturated carbocycles. The van der Waals surface area contributed by atoms with Gasteiger partial charge in [0, 0.05) is 81.2 Å². The van der Waals surface area contributed by atoms with Crippen molar-refractivity contribution in [3.8, 4) is 11.1 Å². The molecule has 1 N–H and O–H groups in total. The largest absolute Gasteiger partial charge is 0.481 e. The molecule has 1 aromatic carbocycles. The lowest BCUT2D eigenvalue weighted by molar-refractivity contribution is -0.136. The molecule has 2 aliphatic rings. The number of hydrogen-bond acceptors (Lipinski definition) is 6. The summed E-state index contributed by atoms with van der Waals surface area (Å²) in [6.45, 7) is 3.85. The number of hydrogen-bond donors (Lipinski definition) is 1. The minimum atomic E-state index is -2.82. The number of carboxylic acid groups (broad SMARTS) is 1. The SMILES string of the molecule is CC(=O)N1CCc2c(c(N(C)c3ccc(-c4cc5nccn5cc4CC(=O)O)c(C(F)F)c3)nn2C2CCOCC2)C1. The summed E-state index contributed by atoms with van der Waals surface area (Å²) in [6, 6.07) is 6.60. The highest BCUT2D eigenvalue weighted by molar-refractivity contribution is 5.81. The average molecular weight is 579 g/mol. The summed E-state index contributed by atoms with van der Waals surface area (Å²) in [5.41, 5.74) is 3.87. The Labute approximate surface area is 241 Å². The van der Waals surface area contributed by atoms with Crippen LogP contribution in [0.2, 0.25) is 0 Å². The van der Waals surface area contributed by atoms with E-state index in [1.807, 2.05) is 0 Å². The van der Waals surface area contributed by atoms with Crippen LogP contribution in [0, 0.1) is 0 Å². The molecule has 1 saturated heterocycles. The topological polar surface area (TPSA) is 105 Å². The molecule has 2 aliphatic heterocycles. The third kappa shape index (κ3) is 5.11. The van der Waals surface area contributed by atoms with Gasteiger partial charge in [0.25, 0.3) is 6.43 Å². The molecule has 0 atom stereocenters. The van der Waals surface area contributed by atoms with Crippen LogP contribution < -0.4 is 4.90 Å². The van der Waals surface area contributed by atoms with Crippen molar-refractivity contribution in [1.82, 2.24) is 24.1 Å². The molecule has 0 unspecified atom stereocenters. The molecular weight excluding hydrogens is 546 g/mol. The number of carbonyl (C=O) groups is 2. The van der Waals surface area contributed by atoms with E-state index < -0.39 is 12.4 Å². The van der Waals surface area contributed by atoms with Crippen LogP contribution in [-0.2, 0) is 33.7 Å². The Morgan fingerprint density at radius 3 is 2.69 bits per heavy atom. The van der Waals surface area contributed by atoms with Crippen LogP contribution in [0.4, 0.5) is 20.3 Å². The Morgan fingerprint density at radius 1 is 1.19 bits per heavy atom. The molecule has 220 valence electrons. The summed E-state index contributed by atoms with van der Waals surface area (Å²) in [7, 11) is 1.79. The van der Waals surface area contributed by atoms with E-state index in [-0.39, 0.29) is 29.5 Å². The highest BCUT2D eigenvalue weighted by Gasteiger charge is 2.31. The van der Waals surface area contributed by atoms with Crippen molar-refractivity contribution in [2.24, 2.45) is 0 Å². The first-order valence-corrected chi connectivity index (χ1v) is 14.0. The maximum Gasteiger partial charge on any atom is 0.307 e. The number of carbonyl (C=O) groups excluding carboxylic acids is 1. The standard InChI is InChI=1S/C30H32F2N6O4/c1-18(39)36-9-5-26-25(17-36)30(34-38(26)20-6-11-42-12-7-20)35(2)21-3-4-22(24(14-21)29(31)32)23-15-27-33-8-10-37(27)16-19(23)13-28(40)41/h3-4,8,10,14-16,20,29H,5-7,9,11-13,17H2,1-2H3,(H,40,41). The molecule has 10 nitrogen and oxygen atoms in total. The smallest absolute Gasteiger partial charge is 0.307 e. The lowest BCUT2D eigenvalue weighted by Crippen LogP contribution is -2.35. The van der Waals surface area contributed by atoms with Crippen LogP contribution in [0.3, 0.4) is 0 Å². The second-order valence-corrected chi connectivity index (χ2v) is 10.8. The molecular formula is C30H32F2N6O4. The summed E-state index contributed by atoms with van der Waals surface area (Å²) >= 11 is 0. The van der Waals surface area contributed by atoms with Gasteiger partial charge in [-0.05, 0) is 47.7 Å². The summed E-state index contributed by atoms with van der Waals surface area (Å²) in [6.07, 6.45) is 4.07. The van der Waals surface area contributed by atoms with E-state index >= 15 is 0 Å². The fourth-order valence-electron chi connectivity index (χ4n) is 6.06. The van der Waals surface area contributed by atoms with Gasteiger partial charge in [-0.15, -0.1) is 0 Å². The predicted molar refractivity (Wildman–Crippen MR) is 151 cm³/mol. The minimum absolute atomic E-state index is 0.0241.